The van der Waals surface area contributed by atoms with Gasteiger partial charge in [0.25, 0.3) is 12.3 Å². The van der Waals surface area contributed by atoms with E-state index in [9.17, 15) is 13.6 Å². The summed E-state index contributed by atoms with van der Waals surface area (Å²) in [6, 6.07) is 1.31. The topological polar surface area (TPSA) is 56.0 Å². The number of carbonyl (C=O) groups excluding carboxylic acids is 1. The van der Waals surface area contributed by atoms with Crippen LogP contribution in [0.5, 0.6) is 0 Å². The lowest BCUT2D eigenvalue weighted by molar-refractivity contribution is 0.0983. The number of pyridine rings is 1. The predicted octanol–water partition coefficient (Wildman–Crippen LogP) is 2.08. The molecule has 0 radical (unpaired) electrons. The summed E-state index contributed by atoms with van der Waals surface area (Å²) >= 11 is 5.60. The van der Waals surface area contributed by atoms with Crippen molar-refractivity contribution in [3.05, 3.63) is 28.0 Å². The van der Waals surface area contributed by atoms with Crippen LogP contribution in [0.4, 0.5) is 8.78 Å². The van der Waals surface area contributed by atoms with Gasteiger partial charge in [-0.25, -0.2) is 8.78 Å². The molecule has 0 saturated heterocycles. The zero-order valence-electron chi connectivity index (χ0n) is 7.22. The van der Waals surface area contributed by atoms with Gasteiger partial charge in [0, 0.05) is 5.69 Å². The molecule has 1 aromatic rings. The first kappa shape index (κ1) is 10.8. The van der Waals surface area contributed by atoms with E-state index in [0.717, 1.165) is 0 Å². The number of amides is 1. The van der Waals surface area contributed by atoms with Crippen molar-refractivity contribution in [3.8, 4) is 0 Å². The number of carbonyl (C=O) groups is 1. The van der Waals surface area contributed by atoms with E-state index in [2.05, 4.69) is 4.98 Å². The molecule has 76 valence electrons. The largest absolute Gasteiger partial charge is 0.365 e. The summed E-state index contributed by atoms with van der Waals surface area (Å²) in [6.45, 7) is 1.50. The van der Waals surface area contributed by atoms with Crippen molar-refractivity contribution < 1.29 is 13.6 Å². The van der Waals surface area contributed by atoms with Gasteiger partial charge < -0.3 is 5.73 Å². The van der Waals surface area contributed by atoms with E-state index in [1.807, 2.05) is 0 Å². The molecule has 1 aromatic heterocycles. The molecule has 2 N–H and O–H groups in total. The number of rotatable bonds is 2. The van der Waals surface area contributed by atoms with Gasteiger partial charge in [-0.2, -0.15) is 0 Å². The number of hydrogen-bond acceptors (Lipinski definition) is 2. The normalized spacial score (nSPS) is 10.6. The van der Waals surface area contributed by atoms with Crippen molar-refractivity contribution in [1.82, 2.24) is 4.98 Å². The van der Waals surface area contributed by atoms with Crippen molar-refractivity contribution in [2.24, 2.45) is 5.73 Å². The van der Waals surface area contributed by atoms with Crippen LogP contribution in [0.25, 0.3) is 0 Å². The van der Waals surface area contributed by atoms with Gasteiger partial charge in [0.15, 0.2) is 0 Å². The number of aryl methyl sites for hydroxylation is 1. The molecule has 14 heavy (non-hydrogen) atoms. The molecule has 0 fully saturated rings. The molecule has 1 heterocycles. The van der Waals surface area contributed by atoms with Gasteiger partial charge in [-0.1, -0.05) is 11.6 Å². The fourth-order valence-electron chi connectivity index (χ4n) is 1.06. The van der Waals surface area contributed by atoms with Crippen LogP contribution >= 0.6 is 11.6 Å². The standard InChI is InChI=1S/C8H7ClF2N2O/c1-3-2-4(9)5(8(12)14)6(13-3)7(10)11/h2,7H,1H3,(H2,12,14). The van der Waals surface area contributed by atoms with Crippen molar-refractivity contribution >= 4 is 17.5 Å². The third-order valence-corrected chi connectivity index (χ3v) is 1.88. The quantitative estimate of drug-likeness (QED) is 0.830. The van der Waals surface area contributed by atoms with Crippen LogP contribution < -0.4 is 5.73 Å². The van der Waals surface area contributed by atoms with Crippen LogP contribution in [0.15, 0.2) is 6.07 Å². The van der Waals surface area contributed by atoms with Gasteiger partial charge in [-0.05, 0) is 13.0 Å². The van der Waals surface area contributed by atoms with Crippen molar-refractivity contribution in [3.63, 3.8) is 0 Å². The first-order valence-corrected chi connectivity index (χ1v) is 4.06. The summed E-state index contributed by atoms with van der Waals surface area (Å²) in [5, 5.41) is -0.0969. The third-order valence-electron chi connectivity index (χ3n) is 1.58. The Labute approximate surface area is 83.9 Å². The van der Waals surface area contributed by atoms with Crippen molar-refractivity contribution in [1.29, 1.82) is 0 Å². The minimum atomic E-state index is -2.87. The number of nitrogens with zero attached hydrogens (tertiary/aromatic N) is 1. The number of aromatic nitrogens is 1. The van der Waals surface area contributed by atoms with Gasteiger partial charge >= 0.3 is 0 Å². The van der Waals surface area contributed by atoms with Crippen molar-refractivity contribution in [2.45, 2.75) is 13.3 Å². The smallest absolute Gasteiger partial charge is 0.281 e. The lowest BCUT2D eigenvalue weighted by Gasteiger charge is -2.07. The third kappa shape index (κ3) is 1.98. The van der Waals surface area contributed by atoms with Crippen LogP contribution in [-0.2, 0) is 0 Å². The Kier molecular flexibility index (Phi) is 3.00. The second kappa shape index (κ2) is 3.88. The summed E-state index contributed by atoms with van der Waals surface area (Å²) < 4.78 is 24.8. The summed E-state index contributed by atoms with van der Waals surface area (Å²) in [5.74, 6) is -1.00. The Morgan fingerprint density at radius 2 is 2.21 bits per heavy atom. The zero-order chi connectivity index (χ0) is 10.9. The number of alkyl halides is 2. The fourth-order valence-corrected chi connectivity index (χ4v) is 1.41. The average molecular weight is 221 g/mol. The SMILES string of the molecule is Cc1cc(Cl)c(C(N)=O)c(C(F)F)n1. The molecule has 0 unspecified atom stereocenters. The molecule has 0 saturated carbocycles. The molecule has 1 rings (SSSR count). The maximum atomic E-state index is 12.4. The Balaban J connectivity index is 3.44. The van der Waals surface area contributed by atoms with Crippen LogP contribution in [0.3, 0.4) is 0 Å². The predicted molar refractivity (Wildman–Crippen MR) is 47.5 cm³/mol. The maximum absolute atomic E-state index is 12.4. The zero-order valence-corrected chi connectivity index (χ0v) is 7.98. The van der Waals surface area contributed by atoms with Gasteiger partial charge in [0.1, 0.15) is 5.69 Å². The second-order valence-corrected chi connectivity index (χ2v) is 3.08. The van der Waals surface area contributed by atoms with E-state index < -0.39 is 23.6 Å². The van der Waals surface area contributed by atoms with Gasteiger partial charge in [-0.3, -0.25) is 9.78 Å². The van der Waals surface area contributed by atoms with Gasteiger partial charge in [-0.15, -0.1) is 0 Å². The first-order valence-electron chi connectivity index (χ1n) is 3.68. The number of halogens is 3. The minimum absolute atomic E-state index is 0.0969. The van der Waals surface area contributed by atoms with E-state index in [0.29, 0.717) is 5.69 Å². The van der Waals surface area contributed by atoms with E-state index in [1.165, 1.54) is 13.0 Å². The molecule has 0 aliphatic rings. The fraction of sp³-hybridized carbons (Fsp3) is 0.250. The van der Waals surface area contributed by atoms with Crippen LogP contribution in [0.2, 0.25) is 5.02 Å². The highest BCUT2D eigenvalue weighted by atomic mass is 35.5. The minimum Gasteiger partial charge on any atom is -0.365 e. The Morgan fingerprint density at radius 1 is 1.64 bits per heavy atom. The van der Waals surface area contributed by atoms with Crippen molar-refractivity contribution in [2.75, 3.05) is 0 Å². The molecule has 6 heteroatoms. The summed E-state index contributed by atoms with van der Waals surface area (Å²) in [7, 11) is 0. The highest BCUT2D eigenvalue weighted by Crippen LogP contribution is 2.26. The monoisotopic (exact) mass is 220 g/mol. The molecular weight excluding hydrogens is 214 g/mol. The number of primary amides is 1. The molecule has 0 aromatic carbocycles. The highest BCUT2D eigenvalue weighted by Gasteiger charge is 2.21. The summed E-state index contributed by atoms with van der Waals surface area (Å²) in [4.78, 5) is 14.3. The molecule has 1 amide bonds. The van der Waals surface area contributed by atoms with Crippen LogP contribution in [-0.4, -0.2) is 10.9 Å². The van der Waals surface area contributed by atoms with E-state index in [1.54, 1.807) is 0 Å². The summed E-state index contributed by atoms with van der Waals surface area (Å²) in [6.07, 6.45) is -2.87. The average Bonchev–Trinajstić information content (AvgIpc) is 2.01. The second-order valence-electron chi connectivity index (χ2n) is 2.67. The van der Waals surface area contributed by atoms with Gasteiger partial charge in [0.05, 0.1) is 10.6 Å². The molecule has 0 aliphatic carbocycles. The maximum Gasteiger partial charge on any atom is 0.281 e. The first-order chi connectivity index (χ1) is 6.43. The highest BCUT2D eigenvalue weighted by molar-refractivity contribution is 6.34. The van der Waals surface area contributed by atoms with E-state index in [4.69, 9.17) is 17.3 Å². The van der Waals surface area contributed by atoms with Crippen LogP contribution in [0, 0.1) is 6.92 Å². The Hall–Kier alpha value is -1.23. The van der Waals surface area contributed by atoms with Gasteiger partial charge in [0.2, 0.25) is 0 Å². The number of hydrogen-bond donors (Lipinski definition) is 1. The lowest BCUT2D eigenvalue weighted by Crippen LogP contribution is -2.16. The van der Waals surface area contributed by atoms with Crippen LogP contribution in [0.1, 0.15) is 28.2 Å². The molecule has 0 atom stereocenters. The molecule has 0 spiro atoms. The molecule has 0 bridgehead atoms. The molecule has 0 aliphatic heterocycles. The Bertz CT molecular complexity index is 382. The number of nitrogens with two attached hydrogens (primary N) is 1. The van der Waals surface area contributed by atoms with E-state index >= 15 is 0 Å². The van der Waals surface area contributed by atoms with E-state index in [-0.39, 0.29) is 5.02 Å². The molecular formula is C8H7ClF2N2O. The molecule has 3 nitrogen and oxygen atoms in total. The summed E-state index contributed by atoms with van der Waals surface area (Å²) in [5.41, 5.74) is 4.15. The Morgan fingerprint density at radius 3 is 2.64 bits per heavy atom. The lowest BCUT2D eigenvalue weighted by atomic mass is 10.1.